The summed E-state index contributed by atoms with van der Waals surface area (Å²) in [5.41, 5.74) is -0.144. The fraction of sp³-hybridized carbons (Fsp3) is 0.625. The normalized spacial score (nSPS) is 15.2. The highest BCUT2D eigenvalue weighted by atomic mass is 19.4. The van der Waals surface area contributed by atoms with Crippen molar-refractivity contribution in [2.45, 2.75) is 26.4 Å². The van der Waals surface area contributed by atoms with Crippen molar-refractivity contribution in [3.63, 3.8) is 0 Å². The van der Waals surface area contributed by atoms with Gasteiger partial charge >= 0.3 is 6.18 Å². The highest BCUT2D eigenvalue weighted by Gasteiger charge is 2.33. The van der Waals surface area contributed by atoms with Crippen LogP contribution in [0.1, 0.15) is 20.3 Å². The predicted octanol–water partition coefficient (Wildman–Crippen LogP) is 2.98. The van der Waals surface area contributed by atoms with Crippen LogP contribution in [0.15, 0.2) is 16.6 Å². The Morgan fingerprint density at radius 2 is 1.92 bits per heavy atom. The van der Waals surface area contributed by atoms with E-state index in [0.29, 0.717) is 12.0 Å². The van der Waals surface area contributed by atoms with Crippen molar-refractivity contribution in [3.05, 3.63) is 11.6 Å². The van der Waals surface area contributed by atoms with E-state index in [1.54, 1.807) is 13.8 Å². The zero-order valence-corrected chi connectivity index (χ0v) is 7.37. The van der Waals surface area contributed by atoms with Gasteiger partial charge in [0.1, 0.15) is 5.71 Å². The van der Waals surface area contributed by atoms with Gasteiger partial charge in [-0.3, -0.25) is 4.99 Å². The lowest BCUT2D eigenvalue weighted by Crippen LogP contribution is -2.20. The summed E-state index contributed by atoms with van der Waals surface area (Å²) in [6.07, 6.45) is -2.65. The summed E-state index contributed by atoms with van der Waals surface area (Å²) < 4.78 is 36.1. The van der Waals surface area contributed by atoms with Gasteiger partial charge in [-0.25, -0.2) is 0 Å². The maximum atomic E-state index is 12.0. The van der Waals surface area contributed by atoms with Gasteiger partial charge in [0.2, 0.25) is 0 Å². The van der Waals surface area contributed by atoms with Gasteiger partial charge in [0, 0.05) is 7.05 Å². The molecule has 0 radical (unpaired) electrons. The van der Waals surface area contributed by atoms with Crippen molar-refractivity contribution in [1.29, 1.82) is 0 Å². The van der Waals surface area contributed by atoms with Crippen LogP contribution in [-0.4, -0.2) is 18.9 Å². The summed E-state index contributed by atoms with van der Waals surface area (Å²) in [5, 5.41) is 0. The molecule has 0 fully saturated rings. The lowest BCUT2D eigenvalue weighted by molar-refractivity contribution is -0.0577. The molecular weight excluding hydrogens is 167 g/mol. The van der Waals surface area contributed by atoms with E-state index in [0.717, 1.165) is 13.1 Å². The summed E-state index contributed by atoms with van der Waals surface area (Å²) >= 11 is 0. The molecule has 0 unspecified atom stereocenters. The van der Waals surface area contributed by atoms with Gasteiger partial charge in [0.05, 0.1) is 0 Å². The van der Waals surface area contributed by atoms with Gasteiger partial charge in [-0.2, -0.15) is 13.2 Å². The van der Waals surface area contributed by atoms with Crippen molar-refractivity contribution in [1.82, 2.24) is 0 Å². The van der Waals surface area contributed by atoms with Gasteiger partial charge in [0.15, 0.2) is 0 Å². The Morgan fingerprint density at radius 3 is 2.17 bits per heavy atom. The molecule has 1 nitrogen and oxygen atoms in total. The van der Waals surface area contributed by atoms with Crippen molar-refractivity contribution < 1.29 is 13.2 Å². The molecule has 0 saturated carbocycles. The predicted molar refractivity (Wildman–Crippen MR) is 43.5 cm³/mol. The monoisotopic (exact) mass is 179 g/mol. The number of halogens is 3. The number of rotatable bonds is 2. The first-order valence-corrected chi connectivity index (χ1v) is 3.63. The number of hydrogen-bond acceptors (Lipinski definition) is 1. The second kappa shape index (κ2) is 4.28. The van der Waals surface area contributed by atoms with Crippen LogP contribution in [0.5, 0.6) is 0 Å². The molecule has 0 rings (SSSR count). The van der Waals surface area contributed by atoms with E-state index in [1.807, 2.05) is 0 Å². The zero-order valence-electron chi connectivity index (χ0n) is 7.37. The molecule has 4 heteroatoms. The Labute approximate surface area is 70.0 Å². The van der Waals surface area contributed by atoms with Crippen molar-refractivity contribution in [3.8, 4) is 0 Å². The molecule has 0 amide bonds. The van der Waals surface area contributed by atoms with Gasteiger partial charge < -0.3 is 0 Å². The van der Waals surface area contributed by atoms with E-state index in [9.17, 15) is 13.2 Å². The Kier molecular flexibility index (Phi) is 4.00. The van der Waals surface area contributed by atoms with Crippen LogP contribution in [0.4, 0.5) is 13.2 Å². The summed E-state index contributed by atoms with van der Waals surface area (Å²) in [7, 11) is 1.14. The van der Waals surface area contributed by atoms with Crippen LogP contribution in [0.3, 0.4) is 0 Å². The molecule has 0 aromatic carbocycles. The lowest BCUT2D eigenvalue weighted by Gasteiger charge is -2.06. The SMILES string of the molecule is CCC(C)=CC(=NC)C(F)(F)F. The van der Waals surface area contributed by atoms with Gasteiger partial charge in [0.25, 0.3) is 0 Å². The van der Waals surface area contributed by atoms with Crippen LogP contribution in [0, 0.1) is 0 Å². The summed E-state index contributed by atoms with van der Waals surface area (Å²) in [4.78, 5) is 3.16. The Morgan fingerprint density at radius 1 is 1.42 bits per heavy atom. The zero-order chi connectivity index (χ0) is 9.78. The van der Waals surface area contributed by atoms with Crippen molar-refractivity contribution in [2.24, 2.45) is 4.99 Å². The Hall–Kier alpha value is -0.800. The molecule has 0 aromatic rings. The van der Waals surface area contributed by atoms with E-state index in [4.69, 9.17) is 0 Å². The number of hydrogen-bond donors (Lipinski definition) is 0. The molecule has 0 aliphatic heterocycles. The first-order chi connectivity index (χ1) is 5.41. The molecule has 0 aliphatic rings. The molecule has 0 aromatic heterocycles. The topological polar surface area (TPSA) is 12.4 Å². The van der Waals surface area contributed by atoms with Crippen molar-refractivity contribution >= 4 is 5.71 Å². The standard InChI is InChI=1S/C8H12F3N/c1-4-6(2)5-7(12-3)8(9,10)11/h5H,4H2,1-3H3. The Bertz CT molecular complexity index is 201. The molecule has 0 heterocycles. The number of nitrogens with zero attached hydrogens (tertiary/aromatic N) is 1. The smallest absolute Gasteiger partial charge is 0.284 e. The molecular formula is C8H12F3N. The summed E-state index contributed by atoms with van der Waals surface area (Å²) in [6.45, 7) is 3.45. The summed E-state index contributed by atoms with van der Waals surface area (Å²) in [6, 6.07) is 0. The first-order valence-electron chi connectivity index (χ1n) is 3.63. The minimum Gasteiger partial charge on any atom is -0.284 e. The maximum absolute atomic E-state index is 12.0. The molecule has 0 aliphatic carbocycles. The molecule has 12 heavy (non-hydrogen) atoms. The van der Waals surface area contributed by atoms with Crippen LogP contribution >= 0.6 is 0 Å². The third kappa shape index (κ3) is 3.55. The minimum atomic E-state index is -4.33. The van der Waals surface area contributed by atoms with E-state index < -0.39 is 11.9 Å². The number of aliphatic imine (C=N–C) groups is 1. The van der Waals surface area contributed by atoms with Gasteiger partial charge in [-0.05, 0) is 19.4 Å². The third-order valence-electron chi connectivity index (χ3n) is 1.47. The number of allylic oxidation sites excluding steroid dienone is 2. The fourth-order valence-corrected chi connectivity index (χ4v) is 0.609. The van der Waals surface area contributed by atoms with Crippen molar-refractivity contribution in [2.75, 3.05) is 7.05 Å². The summed E-state index contributed by atoms with van der Waals surface area (Å²) in [5.74, 6) is 0. The maximum Gasteiger partial charge on any atom is 0.432 e. The number of alkyl halides is 3. The average molecular weight is 179 g/mol. The molecule has 0 spiro atoms. The van der Waals surface area contributed by atoms with E-state index in [1.165, 1.54) is 0 Å². The van der Waals surface area contributed by atoms with Crippen LogP contribution < -0.4 is 0 Å². The minimum absolute atomic E-state index is 0.606. The highest BCUT2D eigenvalue weighted by Crippen LogP contribution is 2.19. The van der Waals surface area contributed by atoms with E-state index in [2.05, 4.69) is 4.99 Å². The van der Waals surface area contributed by atoms with Crippen LogP contribution in [-0.2, 0) is 0 Å². The van der Waals surface area contributed by atoms with E-state index in [-0.39, 0.29) is 0 Å². The van der Waals surface area contributed by atoms with E-state index >= 15 is 0 Å². The molecule has 0 saturated heterocycles. The molecule has 0 atom stereocenters. The average Bonchev–Trinajstić information content (AvgIpc) is 1.97. The second-order valence-corrected chi connectivity index (χ2v) is 2.45. The molecule has 70 valence electrons. The largest absolute Gasteiger partial charge is 0.432 e. The van der Waals surface area contributed by atoms with Crippen LogP contribution in [0.25, 0.3) is 0 Å². The Balaban J connectivity index is 4.63. The first kappa shape index (κ1) is 11.2. The molecule has 0 N–H and O–H groups in total. The van der Waals surface area contributed by atoms with Crippen LogP contribution in [0.2, 0.25) is 0 Å². The second-order valence-electron chi connectivity index (χ2n) is 2.45. The quantitative estimate of drug-likeness (QED) is 0.578. The lowest BCUT2D eigenvalue weighted by atomic mass is 10.2. The third-order valence-corrected chi connectivity index (χ3v) is 1.47. The van der Waals surface area contributed by atoms with Gasteiger partial charge in [-0.15, -0.1) is 0 Å². The van der Waals surface area contributed by atoms with Gasteiger partial charge in [-0.1, -0.05) is 12.5 Å². The fourth-order valence-electron chi connectivity index (χ4n) is 0.609. The molecule has 0 bridgehead atoms. The highest BCUT2D eigenvalue weighted by molar-refractivity contribution is 5.99.